The number of nitrogens with two attached hydrogens (primary N) is 1. The maximum atomic E-state index is 11.2. The molecule has 94 valence electrons. The summed E-state index contributed by atoms with van der Waals surface area (Å²) >= 11 is 0. The molecule has 0 aliphatic heterocycles. The van der Waals surface area contributed by atoms with Crippen molar-refractivity contribution in [2.45, 2.75) is 32.9 Å². The van der Waals surface area contributed by atoms with Crippen LogP contribution >= 0.6 is 0 Å². The van der Waals surface area contributed by atoms with Gasteiger partial charge in [-0.05, 0) is 25.6 Å². The molecule has 0 aromatic carbocycles. The van der Waals surface area contributed by atoms with Crippen molar-refractivity contribution in [3.8, 4) is 0 Å². The fourth-order valence-electron chi connectivity index (χ4n) is 1.74. The second kappa shape index (κ2) is 6.98. The van der Waals surface area contributed by atoms with E-state index in [9.17, 15) is 4.79 Å². The van der Waals surface area contributed by atoms with E-state index in [0.29, 0.717) is 6.42 Å². The molecule has 0 bridgehead atoms. The maximum Gasteiger partial charge on any atom is 0.235 e. The fraction of sp³-hybridized carbons (Fsp3) is 0.500. The largest absolute Gasteiger partial charge is 0.295 e. The molecule has 3 N–H and O–H groups in total. The van der Waals surface area contributed by atoms with Gasteiger partial charge in [-0.1, -0.05) is 13.0 Å². The van der Waals surface area contributed by atoms with Crippen molar-refractivity contribution < 1.29 is 4.79 Å². The monoisotopic (exact) mass is 236 g/mol. The highest BCUT2D eigenvalue weighted by molar-refractivity contribution is 5.75. The van der Waals surface area contributed by atoms with Crippen LogP contribution in [-0.2, 0) is 11.3 Å². The van der Waals surface area contributed by atoms with E-state index < -0.39 is 0 Å². The molecule has 5 heteroatoms. The third kappa shape index (κ3) is 4.50. The van der Waals surface area contributed by atoms with Crippen LogP contribution in [0.15, 0.2) is 24.4 Å². The first kappa shape index (κ1) is 13.6. The van der Waals surface area contributed by atoms with Gasteiger partial charge in [0.15, 0.2) is 0 Å². The molecule has 1 aromatic heterocycles. The van der Waals surface area contributed by atoms with E-state index in [2.05, 4.69) is 22.2 Å². The van der Waals surface area contributed by atoms with Crippen molar-refractivity contribution in [3.05, 3.63) is 30.1 Å². The summed E-state index contributed by atoms with van der Waals surface area (Å²) in [5.41, 5.74) is 3.17. The number of nitrogens with one attached hydrogen (secondary N) is 1. The predicted octanol–water partition coefficient (Wildman–Crippen LogP) is 0.672. The number of pyridine rings is 1. The SMILES string of the molecule is CCN(Cc1ccccn1)C(C)CC(=O)NN. The molecule has 17 heavy (non-hydrogen) atoms. The highest BCUT2D eigenvalue weighted by Gasteiger charge is 2.15. The van der Waals surface area contributed by atoms with Gasteiger partial charge in [0.25, 0.3) is 0 Å². The smallest absolute Gasteiger partial charge is 0.235 e. The Hall–Kier alpha value is -1.46. The van der Waals surface area contributed by atoms with Crippen LogP contribution in [0, 0.1) is 0 Å². The minimum atomic E-state index is -0.142. The number of amides is 1. The van der Waals surface area contributed by atoms with Gasteiger partial charge >= 0.3 is 0 Å². The summed E-state index contributed by atoms with van der Waals surface area (Å²) in [5.74, 6) is 4.94. The van der Waals surface area contributed by atoms with E-state index in [4.69, 9.17) is 5.84 Å². The zero-order valence-corrected chi connectivity index (χ0v) is 10.4. The molecule has 1 unspecified atom stereocenters. The van der Waals surface area contributed by atoms with E-state index in [-0.39, 0.29) is 11.9 Å². The van der Waals surface area contributed by atoms with Crippen LogP contribution in [0.5, 0.6) is 0 Å². The van der Waals surface area contributed by atoms with Crippen molar-refractivity contribution in [2.75, 3.05) is 6.54 Å². The normalized spacial score (nSPS) is 12.5. The van der Waals surface area contributed by atoms with Crippen LogP contribution in [0.1, 0.15) is 26.0 Å². The van der Waals surface area contributed by atoms with Crippen molar-refractivity contribution in [2.24, 2.45) is 5.84 Å². The number of hydrazine groups is 1. The lowest BCUT2D eigenvalue weighted by Crippen LogP contribution is -2.39. The number of aromatic nitrogens is 1. The number of hydrogen-bond donors (Lipinski definition) is 2. The molecule has 1 amide bonds. The minimum absolute atomic E-state index is 0.142. The topological polar surface area (TPSA) is 71.2 Å². The Morgan fingerprint density at radius 2 is 2.35 bits per heavy atom. The molecule has 1 heterocycles. The van der Waals surface area contributed by atoms with E-state index >= 15 is 0 Å². The van der Waals surface area contributed by atoms with Crippen LogP contribution in [-0.4, -0.2) is 28.4 Å². The zero-order chi connectivity index (χ0) is 12.7. The minimum Gasteiger partial charge on any atom is -0.295 e. The quantitative estimate of drug-likeness (QED) is 0.433. The van der Waals surface area contributed by atoms with Crippen LogP contribution < -0.4 is 11.3 Å². The molecule has 0 aliphatic rings. The van der Waals surface area contributed by atoms with Crippen LogP contribution in [0.2, 0.25) is 0 Å². The number of carbonyl (C=O) groups excluding carboxylic acids is 1. The van der Waals surface area contributed by atoms with Gasteiger partial charge < -0.3 is 0 Å². The lowest BCUT2D eigenvalue weighted by atomic mass is 10.2. The average molecular weight is 236 g/mol. The third-order valence-electron chi connectivity index (χ3n) is 2.76. The van der Waals surface area contributed by atoms with E-state index in [0.717, 1.165) is 18.8 Å². The molecule has 0 saturated heterocycles. The Labute approximate surface area is 102 Å². The molecule has 1 aromatic rings. The number of hydrogen-bond acceptors (Lipinski definition) is 4. The van der Waals surface area contributed by atoms with Crippen LogP contribution in [0.4, 0.5) is 0 Å². The summed E-state index contributed by atoms with van der Waals surface area (Å²) in [7, 11) is 0. The summed E-state index contributed by atoms with van der Waals surface area (Å²) < 4.78 is 0. The standard InChI is InChI=1S/C12H20N4O/c1-3-16(10(2)8-12(17)15-13)9-11-6-4-5-7-14-11/h4-7,10H,3,8-9,13H2,1-2H3,(H,15,17). The second-order valence-corrected chi connectivity index (χ2v) is 4.00. The average Bonchev–Trinajstić information content (AvgIpc) is 2.36. The van der Waals surface area contributed by atoms with Crippen LogP contribution in [0.3, 0.4) is 0 Å². The molecule has 1 atom stereocenters. The van der Waals surface area contributed by atoms with Gasteiger partial charge in [-0.2, -0.15) is 0 Å². The van der Waals surface area contributed by atoms with E-state index in [1.807, 2.05) is 25.1 Å². The Balaban J connectivity index is 2.56. The summed E-state index contributed by atoms with van der Waals surface area (Å²) in [4.78, 5) is 17.7. The lowest BCUT2D eigenvalue weighted by Gasteiger charge is -2.26. The lowest BCUT2D eigenvalue weighted by molar-refractivity contribution is -0.122. The molecule has 0 fully saturated rings. The van der Waals surface area contributed by atoms with Crippen LogP contribution in [0.25, 0.3) is 0 Å². The Bertz CT molecular complexity index is 342. The zero-order valence-electron chi connectivity index (χ0n) is 10.4. The van der Waals surface area contributed by atoms with E-state index in [1.54, 1.807) is 6.20 Å². The van der Waals surface area contributed by atoms with Crippen molar-refractivity contribution in [3.63, 3.8) is 0 Å². The molecule has 0 saturated carbocycles. The number of nitrogens with zero attached hydrogens (tertiary/aromatic N) is 2. The van der Waals surface area contributed by atoms with Gasteiger partial charge in [0, 0.05) is 25.2 Å². The Morgan fingerprint density at radius 1 is 1.59 bits per heavy atom. The van der Waals surface area contributed by atoms with Crippen molar-refractivity contribution in [1.82, 2.24) is 15.3 Å². The highest BCUT2D eigenvalue weighted by Crippen LogP contribution is 2.08. The highest BCUT2D eigenvalue weighted by atomic mass is 16.2. The van der Waals surface area contributed by atoms with Gasteiger partial charge in [-0.25, -0.2) is 5.84 Å². The molecule has 0 radical (unpaired) electrons. The van der Waals surface area contributed by atoms with Gasteiger partial charge in [0.2, 0.25) is 5.91 Å². The van der Waals surface area contributed by atoms with Crippen molar-refractivity contribution in [1.29, 1.82) is 0 Å². The van der Waals surface area contributed by atoms with Gasteiger partial charge in [0.1, 0.15) is 0 Å². The maximum absolute atomic E-state index is 11.2. The number of rotatable bonds is 6. The first-order valence-corrected chi connectivity index (χ1v) is 5.80. The predicted molar refractivity (Wildman–Crippen MR) is 66.7 cm³/mol. The summed E-state index contributed by atoms with van der Waals surface area (Å²) in [6.07, 6.45) is 2.18. The summed E-state index contributed by atoms with van der Waals surface area (Å²) in [6.45, 7) is 5.70. The summed E-state index contributed by atoms with van der Waals surface area (Å²) in [5, 5.41) is 0. The van der Waals surface area contributed by atoms with Crippen molar-refractivity contribution >= 4 is 5.91 Å². The Morgan fingerprint density at radius 3 is 2.88 bits per heavy atom. The first-order chi connectivity index (χ1) is 8.17. The molecule has 0 aliphatic carbocycles. The Kier molecular flexibility index (Phi) is 5.59. The third-order valence-corrected chi connectivity index (χ3v) is 2.76. The second-order valence-electron chi connectivity index (χ2n) is 4.00. The molecule has 0 spiro atoms. The van der Waals surface area contributed by atoms with Gasteiger partial charge in [-0.15, -0.1) is 0 Å². The van der Waals surface area contributed by atoms with E-state index in [1.165, 1.54) is 0 Å². The molecular formula is C12H20N4O. The number of carbonyl (C=O) groups is 1. The molecule has 5 nitrogen and oxygen atoms in total. The summed E-state index contributed by atoms with van der Waals surface area (Å²) in [6, 6.07) is 5.99. The van der Waals surface area contributed by atoms with Gasteiger partial charge in [0.05, 0.1) is 5.69 Å². The molecular weight excluding hydrogens is 216 g/mol. The van der Waals surface area contributed by atoms with Gasteiger partial charge in [-0.3, -0.25) is 20.1 Å². The molecule has 1 rings (SSSR count). The fourth-order valence-corrected chi connectivity index (χ4v) is 1.74. The first-order valence-electron chi connectivity index (χ1n) is 5.80.